The van der Waals surface area contributed by atoms with E-state index in [0.29, 0.717) is 6.04 Å². The maximum atomic E-state index is 6.16. The third-order valence-corrected chi connectivity index (χ3v) is 4.77. The highest BCUT2D eigenvalue weighted by atomic mass is 35.5. The lowest BCUT2D eigenvalue weighted by Crippen LogP contribution is -2.39. The number of rotatable bonds is 7. The minimum absolute atomic E-state index is 0.415. The van der Waals surface area contributed by atoms with Crippen LogP contribution in [0.25, 0.3) is 0 Å². The van der Waals surface area contributed by atoms with Crippen molar-refractivity contribution in [3.8, 4) is 0 Å². The van der Waals surface area contributed by atoms with Crippen LogP contribution in [0.5, 0.6) is 0 Å². The molecule has 1 saturated heterocycles. The SMILES string of the molecule is CCCNC(CCN1CCCCC1C)c1cccc(Cl)c1. The maximum Gasteiger partial charge on any atom is 0.0409 e. The lowest BCUT2D eigenvalue weighted by atomic mass is 10.00. The number of hydrogen-bond acceptors (Lipinski definition) is 2. The normalized spacial score (nSPS) is 21.4. The first kappa shape index (κ1) is 16.8. The molecule has 2 rings (SSSR count). The summed E-state index contributed by atoms with van der Waals surface area (Å²) in [4.78, 5) is 2.65. The van der Waals surface area contributed by atoms with Crippen LogP contribution in [-0.4, -0.2) is 30.6 Å². The van der Waals surface area contributed by atoms with Gasteiger partial charge in [0, 0.05) is 23.7 Å². The van der Waals surface area contributed by atoms with Crippen LogP contribution in [0.3, 0.4) is 0 Å². The summed E-state index contributed by atoms with van der Waals surface area (Å²) in [5.41, 5.74) is 1.32. The number of piperidine rings is 1. The molecule has 0 aromatic heterocycles. The molecular formula is C18H29ClN2. The lowest BCUT2D eigenvalue weighted by Gasteiger charge is -2.34. The Morgan fingerprint density at radius 1 is 1.38 bits per heavy atom. The molecule has 1 fully saturated rings. The molecule has 1 heterocycles. The quantitative estimate of drug-likeness (QED) is 0.789. The van der Waals surface area contributed by atoms with Gasteiger partial charge in [-0.3, -0.25) is 0 Å². The van der Waals surface area contributed by atoms with Gasteiger partial charge in [-0.15, -0.1) is 0 Å². The zero-order valence-electron chi connectivity index (χ0n) is 13.4. The van der Waals surface area contributed by atoms with Crippen molar-refractivity contribution in [2.24, 2.45) is 0 Å². The molecule has 21 heavy (non-hydrogen) atoms. The zero-order chi connectivity index (χ0) is 15.1. The minimum atomic E-state index is 0.415. The molecule has 118 valence electrons. The van der Waals surface area contributed by atoms with Gasteiger partial charge < -0.3 is 10.2 Å². The van der Waals surface area contributed by atoms with Crippen molar-refractivity contribution < 1.29 is 0 Å². The molecule has 1 aromatic carbocycles. The van der Waals surface area contributed by atoms with Crippen LogP contribution < -0.4 is 5.32 Å². The van der Waals surface area contributed by atoms with Gasteiger partial charge >= 0.3 is 0 Å². The largest absolute Gasteiger partial charge is 0.310 e. The van der Waals surface area contributed by atoms with E-state index >= 15 is 0 Å². The second-order valence-electron chi connectivity index (χ2n) is 6.23. The van der Waals surface area contributed by atoms with Crippen LogP contribution in [0.2, 0.25) is 5.02 Å². The molecule has 0 bridgehead atoms. The van der Waals surface area contributed by atoms with Gasteiger partial charge in [-0.25, -0.2) is 0 Å². The van der Waals surface area contributed by atoms with Crippen LogP contribution in [0.1, 0.15) is 57.6 Å². The summed E-state index contributed by atoms with van der Waals surface area (Å²) in [6.45, 7) is 8.08. The monoisotopic (exact) mass is 308 g/mol. The van der Waals surface area contributed by atoms with Crippen LogP contribution in [0.4, 0.5) is 0 Å². The van der Waals surface area contributed by atoms with Crippen molar-refractivity contribution in [1.82, 2.24) is 10.2 Å². The molecule has 3 heteroatoms. The third-order valence-electron chi connectivity index (χ3n) is 4.54. The number of nitrogens with zero attached hydrogens (tertiary/aromatic N) is 1. The van der Waals surface area contributed by atoms with E-state index in [9.17, 15) is 0 Å². The zero-order valence-corrected chi connectivity index (χ0v) is 14.2. The number of benzene rings is 1. The van der Waals surface area contributed by atoms with E-state index < -0.39 is 0 Å². The molecule has 2 unspecified atom stereocenters. The average molecular weight is 309 g/mol. The first-order valence-electron chi connectivity index (χ1n) is 8.43. The van der Waals surface area contributed by atoms with Crippen molar-refractivity contribution >= 4 is 11.6 Å². The maximum absolute atomic E-state index is 6.16. The molecule has 1 aliphatic heterocycles. The van der Waals surface area contributed by atoms with Crippen molar-refractivity contribution in [2.45, 2.75) is 58.0 Å². The smallest absolute Gasteiger partial charge is 0.0409 e. The molecule has 0 radical (unpaired) electrons. The van der Waals surface area contributed by atoms with Gasteiger partial charge in [0.25, 0.3) is 0 Å². The highest BCUT2D eigenvalue weighted by Gasteiger charge is 2.20. The molecular weight excluding hydrogens is 280 g/mol. The summed E-state index contributed by atoms with van der Waals surface area (Å²) in [7, 11) is 0. The van der Waals surface area contributed by atoms with Gasteiger partial charge in [0.15, 0.2) is 0 Å². The minimum Gasteiger partial charge on any atom is -0.310 e. The number of hydrogen-bond donors (Lipinski definition) is 1. The van der Waals surface area contributed by atoms with Crippen LogP contribution in [-0.2, 0) is 0 Å². The Labute approximate surface area is 134 Å². The van der Waals surface area contributed by atoms with Crippen LogP contribution >= 0.6 is 11.6 Å². The van der Waals surface area contributed by atoms with Gasteiger partial charge in [-0.2, -0.15) is 0 Å². The predicted octanol–water partition coefficient (Wildman–Crippen LogP) is 4.65. The first-order valence-corrected chi connectivity index (χ1v) is 8.81. The summed E-state index contributed by atoms with van der Waals surface area (Å²) in [6, 6.07) is 9.46. The summed E-state index contributed by atoms with van der Waals surface area (Å²) in [5, 5.41) is 4.52. The van der Waals surface area contributed by atoms with E-state index in [2.05, 4.69) is 42.3 Å². The fraction of sp³-hybridized carbons (Fsp3) is 0.667. The average Bonchev–Trinajstić information content (AvgIpc) is 2.49. The van der Waals surface area contributed by atoms with E-state index in [1.54, 1.807) is 0 Å². The second-order valence-corrected chi connectivity index (χ2v) is 6.67. The fourth-order valence-corrected chi connectivity index (χ4v) is 3.41. The Bertz CT molecular complexity index is 421. The van der Waals surface area contributed by atoms with Crippen molar-refractivity contribution in [3.63, 3.8) is 0 Å². The molecule has 0 saturated carbocycles. The topological polar surface area (TPSA) is 15.3 Å². The predicted molar refractivity (Wildman–Crippen MR) is 92.0 cm³/mol. The van der Waals surface area contributed by atoms with Crippen molar-refractivity contribution in [2.75, 3.05) is 19.6 Å². The Morgan fingerprint density at radius 2 is 2.24 bits per heavy atom. The molecule has 1 N–H and O–H groups in total. The lowest BCUT2D eigenvalue weighted by molar-refractivity contribution is 0.153. The van der Waals surface area contributed by atoms with Crippen molar-refractivity contribution in [3.05, 3.63) is 34.9 Å². The van der Waals surface area contributed by atoms with Gasteiger partial charge in [-0.1, -0.05) is 37.1 Å². The standard InChI is InChI=1S/C18H29ClN2/c1-3-11-20-18(16-8-6-9-17(19)14-16)10-13-21-12-5-4-7-15(21)2/h6,8-9,14-15,18,20H,3-5,7,10-13H2,1-2H3. The molecule has 1 aliphatic rings. The van der Waals surface area contributed by atoms with E-state index in [4.69, 9.17) is 11.6 Å². The number of halogens is 1. The van der Waals surface area contributed by atoms with Gasteiger partial charge in [-0.05, 0) is 63.4 Å². The van der Waals surface area contributed by atoms with E-state index in [-0.39, 0.29) is 0 Å². The van der Waals surface area contributed by atoms with Gasteiger partial charge in [0.05, 0.1) is 0 Å². The van der Waals surface area contributed by atoms with E-state index in [1.165, 1.54) is 37.9 Å². The first-order chi connectivity index (χ1) is 10.2. The summed E-state index contributed by atoms with van der Waals surface area (Å²) in [5.74, 6) is 0. The Hall–Kier alpha value is -0.570. The summed E-state index contributed by atoms with van der Waals surface area (Å²) < 4.78 is 0. The Balaban J connectivity index is 1.95. The van der Waals surface area contributed by atoms with Crippen LogP contribution in [0.15, 0.2) is 24.3 Å². The summed E-state index contributed by atoms with van der Waals surface area (Å²) in [6.07, 6.45) is 6.42. The Morgan fingerprint density at radius 3 is 2.95 bits per heavy atom. The highest BCUT2D eigenvalue weighted by Crippen LogP contribution is 2.23. The molecule has 0 spiro atoms. The van der Waals surface area contributed by atoms with E-state index in [0.717, 1.165) is 30.5 Å². The fourth-order valence-electron chi connectivity index (χ4n) is 3.21. The molecule has 2 atom stereocenters. The number of likely N-dealkylation sites (tertiary alicyclic amines) is 1. The van der Waals surface area contributed by atoms with Crippen LogP contribution in [0, 0.1) is 0 Å². The molecule has 0 amide bonds. The highest BCUT2D eigenvalue weighted by molar-refractivity contribution is 6.30. The van der Waals surface area contributed by atoms with Gasteiger partial charge in [0.1, 0.15) is 0 Å². The molecule has 1 aromatic rings. The molecule has 0 aliphatic carbocycles. The summed E-state index contributed by atoms with van der Waals surface area (Å²) >= 11 is 6.16. The van der Waals surface area contributed by atoms with Gasteiger partial charge in [0.2, 0.25) is 0 Å². The number of nitrogens with one attached hydrogen (secondary N) is 1. The second kappa shape index (κ2) is 8.77. The Kier molecular flexibility index (Phi) is 7.01. The van der Waals surface area contributed by atoms with E-state index in [1.807, 2.05) is 6.07 Å². The third kappa shape index (κ3) is 5.28. The van der Waals surface area contributed by atoms with Crippen molar-refractivity contribution in [1.29, 1.82) is 0 Å². The molecule has 2 nitrogen and oxygen atoms in total.